The molecule has 0 fully saturated rings. The molecule has 1 aromatic heterocycles. The zero-order valence-corrected chi connectivity index (χ0v) is 13.3. The number of oxazole rings is 1. The lowest BCUT2D eigenvalue weighted by molar-refractivity contribution is -0.124. The maximum absolute atomic E-state index is 13.8. The van der Waals surface area contributed by atoms with Gasteiger partial charge in [0.2, 0.25) is 5.91 Å². The lowest BCUT2D eigenvalue weighted by Crippen LogP contribution is -2.36. The summed E-state index contributed by atoms with van der Waals surface area (Å²) in [5, 5.41) is 2.74. The summed E-state index contributed by atoms with van der Waals surface area (Å²) in [4.78, 5) is 24.5. The van der Waals surface area contributed by atoms with Crippen molar-refractivity contribution in [2.24, 2.45) is 0 Å². The van der Waals surface area contributed by atoms with Crippen molar-refractivity contribution in [3.05, 3.63) is 70.5 Å². The monoisotopic (exact) mass is 328 g/mol. The van der Waals surface area contributed by atoms with Crippen LogP contribution in [0.1, 0.15) is 31.5 Å². The first-order valence-corrected chi connectivity index (χ1v) is 7.64. The number of nitrogens with zero attached hydrogens (tertiary/aromatic N) is 1. The molecule has 5 nitrogen and oxygen atoms in total. The Labute approximate surface area is 137 Å². The molecule has 0 radical (unpaired) electrons. The van der Waals surface area contributed by atoms with Crippen LogP contribution < -0.4 is 11.1 Å². The Morgan fingerprint density at radius 2 is 1.79 bits per heavy atom. The molecule has 2 aromatic carbocycles. The van der Waals surface area contributed by atoms with E-state index in [-0.39, 0.29) is 11.7 Å². The van der Waals surface area contributed by atoms with Gasteiger partial charge in [-0.25, -0.2) is 9.18 Å². The van der Waals surface area contributed by atoms with Gasteiger partial charge in [0.05, 0.1) is 11.6 Å². The molecule has 124 valence electrons. The third kappa shape index (κ3) is 2.82. The molecule has 6 heteroatoms. The Morgan fingerprint density at radius 1 is 1.12 bits per heavy atom. The van der Waals surface area contributed by atoms with E-state index >= 15 is 0 Å². The smallest absolute Gasteiger partial charge is 0.408 e. The van der Waals surface area contributed by atoms with E-state index in [9.17, 15) is 14.0 Å². The van der Waals surface area contributed by atoms with Gasteiger partial charge in [-0.1, -0.05) is 30.3 Å². The number of aromatic nitrogens is 1. The van der Waals surface area contributed by atoms with Gasteiger partial charge in [-0.05, 0) is 32.0 Å². The van der Waals surface area contributed by atoms with Crippen molar-refractivity contribution in [3.8, 4) is 0 Å². The Morgan fingerprint density at radius 3 is 2.54 bits per heavy atom. The van der Waals surface area contributed by atoms with Gasteiger partial charge < -0.3 is 9.73 Å². The average Bonchev–Trinajstić information content (AvgIpc) is 2.90. The number of para-hydroxylation sites is 2. The molecular formula is C18H17FN2O3. The predicted octanol–water partition coefficient (Wildman–Crippen LogP) is 3.17. The van der Waals surface area contributed by atoms with Crippen molar-refractivity contribution in [3.63, 3.8) is 0 Å². The minimum Gasteiger partial charge on any atom is -0.408 e. The highest BCUT2D eigenvalue weighted by Gasteiger charge is 2.23. The number of hydrogen-bond donors (Lipinski definition) is 1. The number of benzene rings is 2. The molecule has 0 saturated carbocycles. The Kier molecular flexibility index (Phi) is 4.20. The van der Waals surface area contributed by atoms with Crippen LogP contribution in [0.15, 0.2) is 57.7 Å². The quantitative estimate of drug-likeness (QED) is 0.800. The van der Waals surface area contributed by atoms with Gasteiger partial charge in [-0.2, -0.15) is 0 Å². The number of fused-ring (bicyclic) bond motifs is 1. The summed E-state index contributed by atoms with van der Waals surface area (Å²) in [6, 6.07) is 11.8. The van der Waals surface area contributed by atoms with Crippen LogP contribution in [0.4, 0.5) is 4.39 Å². The van der Waals surface area contributed by atoms with Crippen LogP contribution in [-0.4, -0.2) is 10.5 Å². The Hall–Kier alpha value is -2.89. The highest BCUT2D eigenvalue weighted by atomic mass is 19.1. The van der Waals surface area contributed by atoms with Crippen LogP contribution in [0, 0.1) is 5.82 Å². The fourth-order valence-electron chi connectivity index (χ4n) is 2.71. The standard InChI is InChI=1S/C18H17FN2O3/c1-11(13-7-3-4-8-14(13)19)20-17(22)12(2)21-15-9-5-6-10-16(15)24-18(21)23/h3-12H,1-2H3,(H,20,22)/t11-,12-/m1/s1. The second-order valence-corrected chi connectivity index (χ2v) is 5.63. The molecule has 0 saturated heterocycles. The van der Waals surface area contributed by atoms with E-state index in [1.165, 1.54) is 10.6 Å². The number of carbonyl (C=O) groups is 1. The number of rotatable bonds is 4. The molecule has 3 aromatic rings. The summed E-state index contributed by atoms with van der Waals surface area (Å²) in [6.07, 6.45) is 0. The zero-order chi connectivity index (χ0) is 17.3. The molecular weight excluding hydrogens is 311 g/mol. The first kappa shape index (κ1) is 16.0. The first-order valence-electron chi connectivity index (χ1n) is 7.64. The second-order valence-electron chi connectivity index (χ2n) is 5.63. The molecule has 0 spiro atoms. The normalized spacial score (nSPS) is 13.6. The fourth-order valence-corrected chi connectivity index (χ4v) is 2.71. The lowest BCUT2D eigenvalue weighted by Gasteiger charge is -2.19. The Bertz CT molecular complexity index is 945. The van der Waals surface area contributed by atoms with Crippen molar-refractivity contribution < 1.29 is 13.6 Å². The van der Waals surface area contributed by atoms with Gasteiger partial charge in [0.1, 0.15) is 11.9 Å². The highest BCUT2D eigenvalue weighted by Crippen LogP contribution is 2.19. The molecule has 1 heterocycles. The minimum atomic E-state index is -0.782. The molecule has 0 aliphatic carbocycles. The number of carbonyl (C=O) groups excluding carboxylic acids is 1. The van der Waals surface area contributed by atoms with Gasteiger partial charge in [0, 0.05) is 5.56 Å². The third-order valence-corrected chi connectivity index (χ3v) is 4.02. The summed E-state index contributed by atoms with van der Waals surface area (Å²) in [5.74, 6) is -1.37. The average molecular weight is 328 g/mol. The lowest BCUT2D eigenvalue weighted by atomic mass is 10.1. The third-order valence-electron chi connectivity index (χ3n) is 4.02. The van der Waals surface area contributed by atoms with Gasteiger partial charge in [0.25, 0.3) is 0 Å². The molecule has 0 aliphatic heterocycles. The van der Waals surface area contributed by atoms with E-state index < -0.39 is 17.8 Å². The summed E-state index contributed by atoms with van der Waals surface area (Å²) in [7, 11) is 0. The van der Waals surface area contributed by atoms with Gasteiger partial charge >= 0.3 is 5.76 Å². The van der Waals surface area contributed by atoms with Crippen LogP contribution >= 0.6 is 0 Å². The van der Waals surface area contributed by atoms with Gasteiger partial charge in [-0.15, -0.1) is 0 Å². The first-order chi connectivity index (χ1) is 11.5. The van der Waals surface area contributed by atoms with Crippen LogP contribution in [0.3, 0.4) is 0 Å². The summed E-state index contributed by atoms with van der Waals surface area (Å²) < 4.78 is 20.3. The molecule has 2 atom stereocenters. The highest BCUT2D eigenvalue weighted by molar-refractivity contribution is 5.83. The maximum atomic E-state index is 13.8. The molecule has 1 amide bonds. The minimum absolute atomic E-state index is 0.385. The summed E-state index contributed by atoms with van der Waals surface area (Å²) in [6.45, 7) is 3.30. The number of hydrogen-bond acceptors (Lipinski definition) is 3. The molecule has 24 heavy (non-hydrogen) atoms. The fraction of sp³-hybridized carbons (Fsp3) is 0.222. The van der Waals surface area contributed by atoms with Crippen LogP contribution in [-0.2, 0) is 4.79 Å². The van der Waals surface area contributed by atoms with Crippen LogP contribution in [0.5, 0.6) is 0 Å². The van der Waals surface area contributed by atoms with Gasteiger partial charge in [-0.3, -0.25) is 9.36 Å². The van der Waals surface area contributed by atoms with Crippen LogP contribution in [0.2, 0.25) is 0 Å². The molecule has 0 aliphatic rings. The SMILES string of the molecule is C[C@H](C(=O)N[C@H](C)c1ccccc1F)n1c(=O)oc2ccccc21. The molecule has 0 unspecified atom stereocenters. The predicted molar refractivity (Wildman–Crippen MR) is 88.1 cm³/mol. The second kappa shape index (κ2) is 6.31. The molecule has 1 N–H and O–H groups in total. The van der Waals surface area contributed by atoms with E-state index in [0.29, 0.717) is 16.7 Å². The van der Waals surface area contributed by atoms with E-state index in [4.69, 9.17) is 4.42 Å². The van der Waals surface area contributed by atoms with Crippen molar-refractivity contribution in [1.29, 1.82) is 0 Å². The topological polar surface area (TPSA) is 64.2 Å². The largest absolute Gasteiger partial charge is 0.420 e. The molecule has 3 rings (SSSR count). The van der Waals surface area contributed by atoms with Crippen molar-refractivity contribution in [2.75, 3.05) is 0 Å². The van der Waals surface area contributed by atoms with Gasteiger partial charge in [0.15, 0.2) is 5.58 Å². The number of halogens is 1. The summed E-state index contributed by atoms with van der Waals surface area (Å²) >= 11 is 0. The van der Waals surface area contributed by atoms with Crippen molar-refractivity contribution in [2.45, 2.75) is 25.9 Å². The number of nitrogens with one attached hydrogen (secondary N) is 1. The van der Waals surface area contributed by atoms with E-state index in [1.807, 2.05) is 0 Å². The van der Waals surface area contributed by atoms with E-state index in [1.54, 1.807) is 56.3 Å². The van der Waals surface area contributed by atoms with E-state index in [2.05, 4.69) is 5.32 Å². The zero-order valence-electron chi connectivity index (χ0n) is 13.3. The Balaban J connectivity index is 1.86. The molecule has 0 bridgehead atoms. The van der Waals surface area contributed by atoms with Crippen molar-refractivity contribution >= 4 is 17.0 Å². The van der Waals surface area contributed by atoms with Crippen LogP contribution in [0.25, 0.3) is 11.1 Å². The summed E-state index contributed by atoms with van der Waals surface area (Å²) in [5.41, 5.74) is 1.36. The number of amides is 1. The van der Waals surface area contributed by atoms with Crippen molar-refractivity contribution in [1.82, 2.24) is 9.88 Å². The maximum Gasteiger partial charge on any atom is 0.420 e. The van der Waals surface area contributed by atoms with E-state index in [0.717, 1.165) is 0 Å².